The molecule has 0 aliphatic carbocycles. The highest BCUT2D eigenvalue weighted by Gasteiger charge is 2.14. The molecule has 0 saturated carbocycles. The largest absolute Gasteiger partial charge is 0.322 e. The van der Waals surface area contributed by atoms with Crippen LogP contribution < -0.4 is 5.32 Å². The molecule has 0 heterocycles. The molecule has 0 fully saturated rings. The number of benzene rings is 2. The van der Waals surface area contributed by atoms with Gasteiger partial charge in [0.1, 0.15) is 0 Å². The van der Waals surface area contributed by atoms with Crippen molar-refractivity contribution in [3.05, 3.63) is 66.6 Å². The smallest absolute Gasteiger partial charge is 0.272 e. The molecule has 0 aliphatic heterocycles. The second-order valence-corrected chi connectivity index (χ2v) is 6.11. The number of hydrogen-bond donors (Lipinski definition) is 1. The molecule has 108 valence electrons. The average Bonchev–Trinajstić information content (AvgIpc) is 2.41. The topological polar surface area (TPSA) is 72.2 Å². The summed E-state index contributed by atoms with van der Waals surface area (Å²) in [5, 5.41) is 13.5. The number of aryl methyl sites for hydroxylation is 1. The summed E-state index contributed by atoms with van der Waals surface area (Å²) < 4.78 is 1.46. The summed E-state index contributed by atoms with van der Waals surface area (Å²) >= 11 is 6.63. The lowest BCUT2D eigenvalue weighted by Gasteiger charge is -2.08. The molecule has 0 saturated heterocycles. The van der Waals surface area contributed by atoms with Crippen LogP contribution in [0.25, 0.3) is 0 Å². The minimum Gasteiger partial charge on any atom is -0.322 e. The molecule has 1 amide bonds. The van der Waals surface area contributed by atoms with E-state index in [4.69, 9.17) is 0 Å². The molecule has 1 N–H and O–H groups in total. The zero-order valence-electron chi connectivity index (χ0n) is 10.9. The van der Waals surface area contributed by atoms with Crippen LogP contribution in [0.15, 0.2) is 45.3 Å². The molecule has 0 bridgehead atoms. The van der Waals surface area contributed by atoms with Gasteiger partial charge in [-0.25, -0.2) is 0 Å². The van der Waals surface area contributed by atoms with Crippen molar-refractivity contribution in [2.45, 2.75) is 6.92 Å². The van der Waals surface area contributed by atoms with E-state index >= 15 is 0 Å². The summed E-state index contributed by atoms with van der Waals surface area (Å²) in [5.74, 6) is -0.295. The van der Waals surface area contributed by atoms with E-state index in [0.29, 0.717) is 21.3 Å². The van der Waals surface area contributed by atoms with E-state index in [0.717, 1.165) is 4.47 Å². The lowest BCUT2D eigenvalue weighted by molar-refractivity contribution is -0.385. The number of anilines is 1. The number of rotatable bonds is 3. The second-order valence-electron chi connectivity index (χ2n) is 4.34. The molecular formula is C14H10Br2N2O3. The number of carbonyl (C=O) groups is 1. The fourth-order valence-electron chi connectivity index (χ4n) is 1.81. The zero-order chi connectivity index (χ0) is 15.6. The van der Waals surface area contributed by atoms with Gasteiger partial charge in [-0.05, 0) is 53.2 Å². The first kappa shape index (κ1) is 15.7. The standard InChI is InChI=1S/C14H10Br2N2O3/c1-8-6-10(3-5-13(8)18(20)21)17-14(19)11-7-9(15)2-4-12(11)16/h2-7H,1H3,(H,17,19). The Hall–Kier alpha value is -1.73. The fourth-order valence-corrected chi connectivity index (χ4v) is 2.60. The van der Waals surface area contributed by atoms with E-state index in [1.165, 1.54) is 12.1 Å². The van der Waals surface area contributed by atoms with Crippen LogP contribution in [0.4, 0.5) is 11.4 Å². The van der Waals surface area contributed by atoms with E-state index in [-0.39, 0.29) is 11.6 Å². The van der Waals surface area contributed by atoms with E-state index in [2.05, 4.69) is 37.2 Å². The number of halogens is 2. The van der Waals surface area contributed by atoms with Crippen LogP contribution in [-0.4, -0.2) is 10.8 Å². The minimum atomic E-state index is -0.453. The van der Waals surface area contributed by atoms with Gasteiger partial charge in [0.05, 0.1) is 10.5 Å². The molecule has 2 rings (SSSR count). The van der Waals surface area contributed by atoms with Crippen molar-refractivity contribution in [1.82, 2.24) is 0 Å². The van der Waals surface area contributed by atoms with Gasteiger partial charge < -0.3 is 5.32 Å². The zero-order valence-corrected chi connectivity index (χ0v) is 14.1. The van der Waals surface area contributed by atoms with Crippen molar-refractivity contribution in [3.63, 3.8) is 0 Å². The Morgan fingerprint density at radius 3 is 2.52 bits per heavy atom. The van der Waals surface area contributed by atoms with E-state index < -0.39 is 4.92 Å². The molecule has 5 nitrogen and oxygen atoms in total. The summed E-state index contributed by atoms with van der Waals surface area (Å²) in [6.07, 6.45) is 0. The van der Waals surface area contributed by atoms with Crippen molar-refractivity contribution in [1.29, 1.82) is 0 Å². The van der Waals surface area contributed by atoms with Crippen LogP contribution in [0.1, 0.15) is 15.9 Å². The molecule has 0 radical (unpaired) electrons. The Labute approximate surface area is 137 Å². The van der Waals surface area contributed by atoms with Gasteiger partial charge in [0.2, 0.25) is 0 Å². The number of nitrogens with zero attached hydrogens (tertiary/aromatic N) is 1. The highest BCUT2D eigenvalue weighted by atomic mass is 79.9. The molecular weight excluding hydrogens is 404 g/mol. The number of nitro groups is 1. The lowest BCUT2D eigenvalue weighted by atomic mass is 10.1. The molecule has 0 unspecified atom stereocenters. The maximum Gasteiger partial charge on any atom is 0.272 e. The first-order chi connectivity index (χ1) is 9.88. The molecule has 2 aromatic rings. The molecule has 0 aliphatic rings. The lowest BCUT2D eigenvalue weighted by Crippen LogP contribution is -2.12. The predicted octanol–water partition coefficient (Wildman–Crippen LogP) is 4.68. The predicted molar refractivity (Wildman–Crippen MR) is 87.6 cm³/mol. The molecule has 0 spiro atoms. The number of nitrogens with one attached hydrogen (secondary N) is 1. The Balaban J connectivity index is 2.26. The van der Waals surface area contributed by atoms with Crippen LogP contribution in [0, 0.1) is 17.0 Å². The average molecular weight is 414 g/mol. The van der Waals surface area contributed by atoms with Gasteiger partial charge in [-0.1, -0.05) is 15.9 Å². The first-order valence-electron chi connectivity index (χ1n) is 5.90. The summed E-state index contributed by atoms with van der Waals surface area (Å²) in [6, 6.07) is 9.73. The Bertz CT molecular complexity index is 732. The van der Waals surface area contributed by atoms with Gasteiger partial charge >= 0.3 is 0 Å². The monoisotopic (exact) mass is 412 g/mol. The summed E-state index contributed by atoms with van der Waals surface area (Å²) in [5.41, 5.74) is 1.50. The molecule has 0 aromatic heterocycles. The maximum absolute atomic E-state index is 12.2. The highest BCUT2D eigenvalue weighted by molar-refractivity contribution is 9.11. The van der Waals surface area contributed by atoms with Gasteiger partial charge in [0.15, 0.2) is 0 Å². The number of carbonyl (C=O) groups excluding carboxylic acids is 1. The normalized spacial score (nSPS) is 10.2. The van der Waals surface area contributed by atoms with E-state index in [1.807, 2.05) is 6.07 Å². The fraction of sp³-hybridized carbons (Fsp3) is 0.0714. The number of nitro benzene ring substituents is 1. The van der Waals surface area contributed by atoms with E-state index in [1.54, 1.807) is 25.1 Å². The van der Waals surface area contributed by atoms with Crippen molar-refractivity contribution in [3.8, 4) is 0 Å². The van der Waals surface area contributed by atoms with Crippen molar-refractivity contribution in [2.75, 3.05) is 5.32 Å². The van der Waals surface area contributed by atoms with Crippen LogP contribution in [0.5, 0.6) is 0 Å². The SMILES string of the molecule is Cc1cc(NC(=O)c2cc(Br)ccc2Br)ccc1[N+](=O)[O-]. The molecule has 0 atom stereocenters. The van der Waals surface area contributed by atoms with Crippen LogP contribution >= 0.6 is 31.9 Å². The summed E-state index contributed by atoms with van der Waals surface area (Å²) in [6.45, 7) is 1.63. The van der Waals surface area contributed by atoms with Crippen molar-refractivity contribution < 1.29 is 9.72 Å². The van der Waals surface area contributed by atoms with Gasteiger partial charge in [-0.3, -0.25) is 14.9 Å². The van der Waals surface area contributed by atoms with Crippen LogP contribution in [0.3, 0.4) is 0 Å². The molecule has 2 aromatic carbocycles. The number of hydrogen-bond acceptors (Lipinski definition) is 3. The van der Waals surface area contributed by atoms with Gasteiger partial charge in [-0.15, -0.1) is 0 Å². The summed E-state index contributed by atoms with van der Waals surface area (Å²) in [7, 11) is 0. The third-order valence-electron chi connectivity index (χ3n) is 2.82. The second kappa shape index (κ2) is 6.36. The Morgan fingerprint density at radius 1 is 1.19 bits per heavy atom. The van der Waals surface area contributed by atoms with Gasteiger partial charge in [0.25, 0.3) is 11.6 Å². The Morgan fingerprint density at radius 2 is 1.90 bits per heavy atom. The van der Waals surface area contributed by atoms with Crippen LogP contribution in [0.2, 0.25) is 0 Å². The summed E-state index contributed by atoms with van der Waals surface area (Å²) in [4.78, 5) is 22.5. The Kier molecular flexibility index (Phi) is 4.74. The quantitative estimate of drug-likeness (QED) is 0.586. The van der Waals surface area contributed by atoms with E-state index in [9.17, 15) is 14.9 Å². The van der Waals surface area contributed by atoms with Gasteiger partial charge in [0, 0.05) is 26.3 Å². The third-order valence-corrected chi connectivity index (χ3v) is 4.01. The first-order valence-corrected chi connectivity index (χ1v) is 7.48. The molecule has 21 heavy (non-hydrogen) atoms. The number of amides is 1. The van der Waals surface area contributed by atoms with Crippen molar-refractivity contribution in [2.24, 2.45) is 0 Å². The minimum absolute atomic E-state index is 0.0247. The molecule has 7 heteroatoms. The van der Waals surface area contributed by atoms with Crippen LogP contribution in [-0.2, 0) is 0 Å². The van der Waals surface area contributed by atoms with Crippen molar-refractivity contribution >= 4 is 49.1 Å². The maximum atomic E-state index is 12.2. The highest BCUT2D eigenvalue weighted by Crippen LogP contribution is 2.25. The van der Waals surface area contributed by atoms with Gasteiger partial charge in [-0.2, -0.15) is 0 Å². The third kappa shape index (κ3) is 3.68.